The lowest BCUT2D eigenvalue weighted by Crippen LogP contribution is -2.18. The zero-order valence-electron chi connectivity index (χ0n) is 11.4. The van der Waals surface area contributed by atoms with E-state index in [4.69, 9.17) is 4.74 Å². The number of hydrogen-bond acceptors (Lipinski definition) is 6. The van der Waals surface area contributed by atoms with Crippen molar-refractivity contribution in [2.75, 3.05) is 18.5 Å². The Labute approximate surface area is 125 Å². The normalized spacial score (nSPS) is 18.4. The lowest BCUT2D eigenvalue weighted by molar-refractivity contribution is 0.120. The molecule has 1 unspecified atom stereocenters. The summed E-state index contributed by atoms with van der Waals surface area (Å²) in [5, 5.41) is 8.72. The summed E-state index contributed by atoms with van der Waals surface area (Å²) in [6.45, 7) is 1.69. The van der Waals surface area contributed by atoms with Crippen molar-refractivity contribution in [3.8, 4) is 11.3 Å². The van der Waals surface area contributed by atoms with Crippen molar-refractivity contribution in [1.82, 2.24) is 19.6 Å². The lowest BCUT2D eigenvalue weighted by Gasteiger charge is -2.08. The molecule has 1 aliphatic rings. The van der Waals surface area contributed by atoms with Crippen LogP contribution in [0, 0.1) is 0 Å². The molecule has 108 valence electrons. The molecule has 1 saturated heterocycles. The maximum Gasteiger partial charge on any atom is 0.214 e. The van der Waals surface area contributed by atoms with Crippen LogP contribution >= 0.6 is 11.3 Å². The van der Waals surface area contributed by atoms with Gasteiger partial charge in [-0.1, -0.05) is 11.3 Å². The van der Waals surface area contributed by atoms with Gasteiger partial charge in [0.05, 0.1) is 18.0 Å². The molecule has 0 radical (unpaired) electrons. The maximum absolute atomic E-state index is 5.59. The predicted molar refractivity (Wildman–Crippen MR) is 81.6 cm³/mol. The molecule has 4 heterocycles. The number of fused-ring (bicyclic) bond motifs is 1. The van der Waals surface area contributed by atoms with E-state index in [0.717, 1.165) is 47.3 Å². The van der Waals surface area contributed by atoms with Crippen LogP contribution in [0.4, 0.5) is 5.13 Å². The van der Waals surface area contributed by atoms with E-state index < -0.39 is 0 Å². The first kappa shape index (κ1) is 12.7. The van der Waals surface area contributed by atoms with Crippen LogP contribution in [-0.4, -0.2) is 38.8 Å². The molecule has 7 heteroatoms. The summed E-state index contributed by atoms with van der Waals surface area (Å²) in [5.41, 5.74) is 1.90. The summed E-state index contributed by atoms with van der Waals surface area (Å²) in [5.74, 6) is 0. The Balaban J connectivity index is 1.51. The Morgan fingerprint density at radius 3 is 3.24 bits per heavy atom. The fourth-order valence-electron chi connectivity index (χ4n) is 2.43. The van der Waals surface area contributed by atoms with E-state index in [9.17, 15) is 0 Å². The van der Waals surface area contributed by atoms with Crippen LogP contribution in [0.2, 0.25) is 0 Å². The first-order valence-corrected chi connectivity index (χ1v) is 7.82. The van der Waals surface area contributed by atoms with Crippen LogP contribution in [0.15, 0.2) is 30.7 Å². The van der Waals surface area contributed by atoms with Gasteiger partial charge in [0.2, 0.25) is 10.1 Å². The van der Waals surface area contributed by atoms with Crippen molar-refractivity contribution < 1.29 is 4.74 Å². The Morgan fingerprint density at radius 1 is 1.48 bits per heavy atom. The van der Waals surface area contributed by atoms with E-state index in [-0.39, 0.29) is 0 Å². The third kappa shape index (κ3) is 2.62. The van der Waals surface area contributed by atoms with Crippen molar-refractivity contribution >= 4 is 21.4 Å². The number of anilines is 1. The zero-order valence-corrected chi connectivity index (χ0v) is 12.2. The molecule has 0 saturated carbocycles. The van der Waals surface area contributed by atoms with Crippen molar-refractivity contribution in [3.63, 3.8) is 0 Å². The molecule has 1 fully saturated rings. The molecule has 3 aromatic heterocycles. The monoisotopic (exact) mass is 301 g/mol. The number of rotatable bonds is 4. The minimum absolute atomic E-state index is 0.312. The van der Waals surface area contributed by atoms with E-state index in [1.807, 2.05) is 29.0 Å². The van der Waals surface area contributed by atoms with Gasteiger partial charge in [0, 0.05) is 31.1 Å². The topological polar surface area (TPSA) is 64.3 Å². The van der Waals surface area contributed by atoms with Crippen molar-refractivity contribution in [1.29, 1.82) is 0 Å². The maximum atomic E-state index is 5.59. The van der Waals surface area contributed by atoms with Crippen LogP contribution in [0.1, 0.15) is 12.8 Å². The molecule has 4 rings (SSSR count). The quantitative estimate of drug-likeness (QED) is 0.802. The van der Waals surface area contributed by atoms with Gasteiger partial charge >= 0.3 is 0 Å². The first-order chi connectivity index (χ1) is 10.4. The van der Waals surface area contributed by atoms with Crippen molar-refractivity contribution in [2.24, 2.45) is 0 Å². The summed E-state index contributed by atoms with van der Waals surface area (Å²) in [6, 6.07) is 3.90. The number of aromatic nitrogens is 4. The van der Waals surface area contributed by atoms with Gasteiger partial charge in [-0.2, -0.15) is 0 Å². The molecule has 1 N–H and O–H groups in total. The van der Waals surface area contributed by atoms with Gasteiger partial charge in [-0.25, -0.2) is 9.50 Å². The van der Waals surface area contributed by atoms with Gasteiger partial charge in [0.25, 0.3) is 0 Å². The second-order valence-corrected chi connectivity index (χ2v) is 5.97. The average molecular weight is 301 g/mol. The molecule has 0 aliphatic carbocycles. The van der Waals surface area contributed by atoms with E-state index in [1.165, 1.54) is 0 Å². The van der Waals surface area contributed by atoms with Gasteiger partial charge < -0.3 is 10.1 Å². The smallest absolute Gasteiger partial charge is 0.214 e. The third-order valence-corrected chi connectivity index (χ3v) is 4.39. The molecule has 0 spiro atoms. The molecule has 0 bridgehead atoms. The Bertz CT molecular complexity index is 701. The van der Waals surface area contributed by atoms with E-state index in [0.29, 0.717) is 6.10 Å². The van der Waals surface area contributed by atoms with Gasteiger partial charge in [0.1, 0.15) is 0 Å². The Kier molecular flexibility index (Phi) is 3.28. The van der Waals surface area contributed by atoms with Gasteiger partial charge in [-0.3, -0.25) is 4.98 Å². The Morgan fingerprint density at radius 2 is 2.48 bits per heavy atom. The number of nitrogens with zero attached hydrogens (tertiary/aromatic N) is 4. The van der Waals surface area contributed by atoms with Crippen LogP contribution in [0.3, 0.4) is 0 Å². The van der Waals surface area contributed by atoms with Crippen LogP contribution in [-0.2, 0) is 4.74 Å². The van der Waals surface area contributed by atoms with E-state index in [1.54, 1.807) is 17.5 Å². The standard InChI is InChI=1S/C14H15N5OS/c1-3-10(7-15-5-1)12-9-19-14(17-12)21-13(18-19)16-8-11-4-2-6-20-11/h1,3,5,7,9,11H,2,4,6,8H2,(H,16,18). The van der Waals surface area contributed by atoms with Crippen molar-refractivity contribution in [3.05, 3.63) is 30.7 Å². The Hall–Kier alpha value is -1.99. The van der Waals surface area contributed by atoms with E-state index in [2.05, 4.69) is 20.4 Å². The largest absolute Gasteiger partial charge is 0.376 e. The SMILES string of the molecule is c1cncc(-c2cn3nc(NCC4CCCO4)sc3n2)c1. The number of ether oxygens (including phenoxy) is 1. The number of imidazole rings is 1. The van der Waals surface area contributed by atoms with Gasteiger partial charge in [-0.15, -0.1) is 5.10 Å². The fourth-order valence-corrected chi connectivity index (χ4v) is 3.22. The second kappa shape index (κ2) is 5.42. The summed E-state index contributed by atoms with van der Waals surface area (Å²) in [7, 11) is 0. The molecule has 0 amide bonds. The van der Waals surface area contributed by atoms with Crippen molar-refractivity contribution in [2.45, 2.75) is 18.9 Å². The average Bonchev–Trinajstić information content (AvgIpc) is 3.22. The third-order valence-electron chi connectivity index (χ3n) is 3.51. The molecule has 1 aliphatic heterocycles. The van der Waals surface area contributed by atoms with Crippen LogP contribution in [0.25, 0.3) is 16.2 Å². The zero-order chi connectivity index (χ0) is 14.1. The summed E-state index contributed by atoms with van der Waals surface area (Å²) in [6.07, 6.45) is 8.09. The number of nitrogens with one attached hydrogen (secondary N) is 1. The number of hydrogen-bond donors (Lipinski definition) is 1. The molecule has 21 heavy (non-hydrogen) atoms. The highest BCUT2D eigenvalue weighted by atomic mass is 32.1. The molecular formula is C14H15N5OS. The molecule has 6 nitrogen and oxygen atoms in total. The highest BCUT2D eigenvalue weighted by molar-refractivity contribution is 7.20. The van der Waals surface area contributed by atoms with E-state index >= 15 is 0 Å². The van der Waals surface area contributed by atoms with Gasteiger partial charge in [-0.05, 0) is 25.0 Å². The number of pyridine rings is 1. The second-order valence-electron chi connectivity index (χ2n) is 5.02. The molecule has 1 atom stereocenters. The van der Waals surface area contributed by atoms with Crippen LogP contribution in [0.5, 0.6) is 0 Å². The summed E-state index contributed by atoms with van der Waals surface area (Å²) < 4.78 is 7.40. The van der Waals surface area contributed by atoms with Gasteiger partial charge in [0.15, 0.2) is 0 Å². The summed E-state index contributed by atoms with van der Waals surface area (Å²) in [4.78, 5) is 9.58. The fraction of sp³-hybridized carbons (Fsp3) is 0.357. The molecular weight excluding hydrogens is 286 g/mol. The molecule has 3 aromatic rings. The highest BCUT2D eigenvalue weighted by Gasteiger charge is 2.16. The predicted octanol–water partition coefficient (Wildman–Crippen LogP) is 2.44. The first-order valence-electron chi connectivity index (χ1n) is 7.00. The minimum Gasteiger partial charge on any atom is -0.376 e. The minimum atomic E-state index is 0.312. The summed E-state index contributed by atoms with van der Waals surface area (Å²) >= 11 is 1.55. The lowest BCUT2D eigenvalue weighted by atomic mass is 10.2. The molecule has 0 aromatic carbocycles. The highest BCUT2D eigenvalue weighted by Crippen LogP contribution is 2.24. The van der Waals surface area contributed by atoms with Crippen LogP contribution < -0.4 is 5.32 Å².